The van der Waals surface area contributed by atoms with Crippen molar-refractivity contribution in [3.05, 3.63) is 59.7 Å². The average Bonchev–Trinajstić information content (AvgIpc) is 2.81. The molecule has 7 nitrogen and oxygen atoms in total. The first-order chi connectivity index (χ1) is 15.1. The van der Waals surface area contributed by atoms with Gasteiger partial charge in [0.25, 0.3) is 5.91 Å². The number of ether oxygens (including phenoxy) is 4. The van der Waals surface area contributed by atoms with E-state index in [9.17, 15) is 4.79 Å². The molecule has 31 heavy (non-hydrogen) atoms. The number of rotatable bonds is 10. The van der Waals surface area contributed by atoms with Crippen molar-refractivity contribution in [2.75, 3.05) is 60.7 Å². The van der Waals surface area contributed by atoms with Gasteiger partial charge in [-0.1, -0.05) is 12.1 Å². The van der Waals surface area contributed by atoms with Crippen LogP contribution in [0.1, 0.15) is 15.9 Å². The molecule has 0 N–H and O–H groups in total. The zero-order chi connectivity index (χ0) is 22.1. The third-order valence-electron chi connectivity index (χ3n) is 5.38. The maximum absolute atomic E-state index is 13.1. The number of hydrogen-bond acceptors (Lipinski definition) is 6. The molecule has 2 aromatic carbocycles. The summed E-state index contributed by atoms with van der Waals surface area (Å²) < 4.78 is 21.8. The van der Waals surface area contributed by atoms with Crippen LogP contribution in [0.5, 0.6) is 11.5 Å². The third-order valence-corrected chi connectivity index (χ3v) is 5.38. The van der Waals surface area contributed by atoms with Gasteiger partial charge < -0.3 is 23.8 Å². The molecule has 168 valence electrons. The van der Waals surface area contributed by atoms with Crippen LogP contribution in [0.25, 0.3) is 0 Å². The molecule has 0 spiro atoms. The second-order valence-corrected chi connectivity index (χ2v) is 7.55. The molecule has 3 rings (SSSR count). The monoisotopic (exact) mass is 428 g/mol. The van der Waals surface area contributed by atoms with Crippen molar-refractivity contribution >= 4 is 5.91 Å². The highest BCUT2D eigenvalue weighted by Crippen LogP contribution is 2.18. The van der Waals surface area contributed by atoms with E-state index in [1.165, 1.54) is 5.56 Å². The molecule has 0 saturated carbocycles. The van der Waals surface area contributed by atoms with Gasteiger partial charge in [0.2, 0.25) is 0 Å². The fraction of sp³-hybridized carbons (Fsp3) is 0.458. The van der Waals surface area contributed by atoms with Crippen LogP contribution in [0, 0.1) is 0 Å². The lowest BCUT2D eigenvalue weighted by Crippen LogP contribution is -2.49. The first kappa shape index (κ1) is 23.1. The summed E-state index contributed by atoms with van der Waals surface area (Å²) >= 11 is 0. The van der Waals surface area contributed by atoms with Crippen LogP contribution in [-0.4, -0.2) is 82.5 Å². The SMILES string of the molecule is COCCN(CC1CN(Cc2cccc(OC)c2)CCO1)C(=O)c1ccc(OC)cc1. The van der Waals surface area contributed by atoms with Crippen molar-refractivity contribution in [1.29, 1.82) is 0 Å². The summed E-state index contributed by atoms with van der Waals surface area (Å²) in [4.78, 5) is 17.3. The highest BCUT2D eigenvalue weighted by Gasteiger charge is 2.25. The Kier molecular flexibility index (Phi) is 8.70. The van der Waals surface area contributed by atoms with Crippen LogP contribution in [-0.2, 0) is 16.0 Å². The molecule has 1 unspecified atom stereocenters. The summed E-state index contributed by atoms with van der Waals surface area (Å²) in [5.74, 6) is 1.55. The van der Waals surface area contributed by atoms with Gasteiger partial charge in [0, 0.05) is 45.4 Å². The number of amides is 1. The highest BCUT2D eigenvalue weighted by atomic mass is 16.5. The van der Waals surface area contributed by atoms with Crippen LogP contribution < -0.4 is 9.47 Å². The lowest BCUT2D eigenvalue weighted by atomic mass is 10.1. The molecule has 0 aliphatic carbocycles. The molecule has 1 aliphatic rings. The predicted octanol–water partition coefficient (Wildman–Crippen LogP) is 2.69. The minimum absolute atomic E-state index is 0.0341. The number of hydrogen-bond donors (Lipinski definition) is 0. The Bertz CT molecular complexity index is 827. The molecule has 2 aromatic rings. The van der Waals surface area contributed by atoms with E-state index in [-0.39, 0.29) is 12.0 Å². The van der Waals surface area contributed by atoms with Crippen molar-refractivity contribution in [3.63, 3.8) is 0 Å². The molecule has 1 heterocycles. The Morgan fingerprint density at radius 3 is 2.58 bits per heavy atom. The number of carbonyl (C=O) groups excluding carboxylic acids is 1. The standard InChI is InChI=1S/C24H32N2O5/c1-28-13-12-26(24(27)20-7-9-21(29-2)10-8-20)18-23-17-25(11-14-31-23)16-19-5-4-6-22(15-19)30-3/h4-10,15,23H,11-14,16-18H2,1-3H3. The van der Waals surface area contributed by atoms with Crippen molar-refractivity contribution in [1.82, 2.24) is 9.80 Å². The fourth-order valence-electron chi connectivity index (χ4n) is 3.70. The minimum atomic E-state index is -0.0570. The van der Waals surface area contributed by atoms with Crippen LogP contribution in [0.15, 0.2) is 48.5 Å². The molecule has 1 amide bonds. The van der Waals surface area contributed by atoms with Gasteiger partial charge in [0.05, 0.1) is 33.5 Å². The van der Waals surface area contributed by atoms with Gasteiger partial charge in [0.1, 0.15) is 11.5 Å². The zero-order valence-corrected chi connectivity index (χ0v) is 18.6. The van der Waals surface area contributed by atoms with Gasteiger partial charge in [-0.3, -0.25) is 9.69 Å². The number of benzene rings is 2. The van der Waals surface area contributed by atoms with Crippen LogP contribution in [0.3, 0.4) is 0 Å². The first-order valence-corrected chi connectivity index (χ1v) is 10.5. The maximum atomic E-state index is 13.1. The van der Waals surface area contributed by atoms with E-state index in [1.54, 1.807) is 45.6 Å². The van der Waals surface area contributed by atoms with E-state index >= 15 is 0 Å². The van der Waals surface area contributed by atoms with Gasteiger partial charge in [-0.2, -0.15) is 0 Å². The largest absolute Gasteiger partial charge is 0.497 e. The molecule has 1 aliphatic heterocycles. The molecule has 1 atom stereocenters. The van der Waals surface area contributed by atoms with Crippen molar-refractivity contribution < 1.29 is 23.7 Å². The summed E-state index contributed by atoms with van der Waals surface area (Å²) in [6.07, 6.45) is -0.0570. The second kappa shape index (κ2) is 11.7. The van der Waals surface area contributed by atoms with E-state index in [4.69, 9.17) is 18.9 Å². The predicted molar refractivity (Wildman–Crippen MR) is 119 cm³/mol. The van der Waals surface area contributed by atoms with Crippen LogP contribution in [0.2, 0.25) is 0 Å². The summed E-state index contributed by atoms with van der Waals surface area (Å²) in [5, 5.41) is 0. The minimum Gasteiger partial charge on any atom is -0.497 e. The Labute approximate surface area is 184 Å². The number of methoxy groups -OCH3 is 3. The molecular formula is C24H32N2O5. The lowest BCUT2D eigenvalue weighted by Gasteiger charge is -2.36. The molecule has 0 aromatic heterocycles. The normalized spacial score (nSPS) is 16.7. The second-order valence-electron chi connectivity index (χ2n) is 7.55. The summed E-state index contributed by atoms with van der Waals surface area (Å²) in [6.45, 7) is 4.59. The van der Waals surface area contributed by atoms with Gasteiger partial charge >= 0.3 is 0 Å². The highest BCUT2D eigenvalue weighted by molar-refractivity contribution is 5.94. The fourth-order valence-corrected chi connectivity index (χ4v) is 3.70. The van der Waals surface area contributed by atoms with Gasteiger partial charge in [-0.05, 0) is 42.0 Å². The number of carbonyl (C=O) groups is 1. The first-order valence-electron chi connectivity index (χ1n) is 10.5. The van der Waals surface area contributed by atoms with E-state index in [2.05, 4.69) is 17.0 Å². The van der Waals surface area contributed by atoms with Gasteiger partial charge in [-0.25, -0.2) is 0 Å². The van der Waals surface area contributed by atoms with Gasteiger partial charge in [-0.15, -0.1) is 0 Å². The van der Waals surface area contributed by atoms with Crippen molar-refractivity contribution in [2.24, 2.45) is 0 Å². The van der Waals surface area contributed by atoms with Crippen molar-refractivity contribution in [2.45, 2.75) is 12.6 Å². The van der Waals surface area contributed by atoms with E-state index in [0.29, 0.717) is 31.9 Å². The number of nitrogens with zero attached hydrogens (tertiary/aromatic N) is 2. The average molecular weight is 429 g/mol. The van der Waals surface area contributed by atoms with Crippen LogP contribution >= 0.6 is 0 Å². The summed E-state index contributed by atoms with van der Waals surface area (Å²) in [6, 6.07) is 15.3. The Hall–Kier alpha value is -2.61. The van der Waals surface area contributed by atoms with Crippen LogP contribution in [0.4, 0.5) is 0 Å². The Morgan fingerprint density at radius 1 is 1.10 bits per heavy atom. The maximum Gasteiger partial charge on any atom is 0.254 e. The topological polar surface area (TPSA) is 60.5 Å². The van der Waals surface area contributed by atoms with E-state index in [1.807, 2.05) is 17.0 Å². The Balaban J connectivity index is 1.63. The zero-order valence-electron chi connectivity index (χ0n) is 18.6. The third kappa shape index (κ3) is 6.69. The molecular weight excluding hydrogens is 396 g/mol. The summed E-state index contributed by atoms with van der Waals surface area (Å²) in [5.41, 5.74) is 1.83. The quantitative estimate of drug-likeness (QED) is 0.580. The molecule has 1 fully saturated rings. The van der Waals surface area contributed by atoms with E-state index < -0.39 is 0 Å². The molecule has 0 radical (unpaired) electrons. The van der Waals surface area contributed by atoms with E-state index in [0.717, 1.165) is 31.1 Å². The molecule has 7 heteroatoms. The molecule has 1 saturated heterocycles. The molecule has 0 bridgehead atoms. The Morgan fingerprint density at radius 2 is 1.87 bits per heavy atom. The smallest absolute Gasteiger partial charge is 0.254 e. The lowest BCUT2D eigenvalue weighted by molar-refractivity contribution is -0.0444. The number of morpholine rings is 1. The van der Waals surface area contributed by atoms with Gasteiger partial charge in [0.15, 0.2) is 0 Å². The van der Waals surface area contributed by atoms with Crippen molar-refractivity contribution in [3.8, 4) is 11.5 Å². The summed E-state index contributed by atoms with van der Waals surface area (Å²) in [7, 11) is 4.93.